The molecule has 1 aromatic heterocycles. The smallest absolute Gasteiger partial charge is 0.408 e. The zero-order valence-electron chi connectivity index (χ0n) is 19.1. The van der Waals surface area contributed by atoms with Gasteiger partial charge in [0.2, 0.25) is 0 Å². The van der Waals surface area contributed by atoms with Gasteiger partial charge in [0, 0.05) is 37.5 Å². The Labute approximate surface area is 189 Å². The van der Waals surface area contributed by atoms with Crippen molar-refractivity contribution < 1.29 is 17.6 Å². The Morgan fingerprint density at radius 3 is 2.41 bits per heavy atom. The van der Waals surface area contributed by atoms with Crippen molar-refractivity contribution >= 4 is 20.9 Å². The van der Waals surface area contributed by atoms with E-state index in [2.05, 4.69) is 11.8 Å². The summed E-state index contributed by atoms with van der Waals surface area (Å²) in [5, 5.41) is 0. The molecule has 3 fully saturated rings. The van der Waals surface area contributed by atoms with Crippen LogP contribution in [0.4, 0.5) is 0 Å². The molecule has 8 heteroatoms. The highest BCUT2D eigenvalue weighted by atomic mass is 32.2. The molecule has 0 bridgehead atoms. The van der Waals surface area contributed by atoms with Crippen LogP contribution >= 0.6 is 0 Å². The molecule has 1 saturated heterocycles. The monoisotopic (exact) mass is 462 g/mol. The minimum Gasteiger partial charge on any atom is -0.408 e. The third-order valence-corrected chi connectivity index (χ3v) is 8.99. The summed E-state index contributed by atoms with van der Waals surface area (Å²) in [5.74, 6) is 0.418. The summed E-state index contributed by atoms with van der Waals surface area (Å²) in [6.07, 6.45) is 10.5. The van der Waals surface area contributed by atoms with Crippen molar-refractivity contribution in [3.8, 4) is 0 Å². The van der Waals surface area contributed by atoms with Crippen molar-refractivity contribution in [3.05, 3.63) is 28.7 Å². The highest BCUT2D eigenvalue weighted by Gasteiger charge is 2.39. The van der Waals surface area contributed by atoms with Crippen LogP contribution in [0, 0.1) is 5.92 Å². The second-order valence-corrected chi connectivity index (χ2v) is 12.3. The summed E-state index contributed by atoms with van der Waals surface area (Å²) < 4.78 is 37.2. The number of nitrogens with zero attached hydrogens (tertiary/aromatic N) is 2. The lowest BCUT2D eigenvalue weighted by Gasteiger charge is -2.48. The normalized spacial score (nSPS) is 28.4. The number of hydrogen-bond donors (Lipinski definition) is 0. The maximum absolute atomic E-state index is 12.6. The molecule has 2 aromatic rings. The standard InChI is InChI=1S/C24H34N2O5S/c1-24(11-7-19(8-12-24)30-16-17-3-4-17)25-13-9-18(10-14-25)26-21-15-20(32(2,28)29)5-6-22(21)31-23(26)27/h5-6,15,17-19H,3-4,7-14,16H2,1-2H3. The summed E-state index contributed by atoms with van der Waals surface area (Å²) in [5.41, 5.74) is 1.22. The number of piperidine rings is 1. The summed E-state index contributed by atoms with van der Waals surface area (Å²) in [4.78, 5) is 15.4. The molecule has 0 atom stereocenters. The molecule has 1 aliphatic heterocycles. The number of oxazole rings is 1. The quantitative estimate of drug-likeness (QED) is 0.650. The lowest BCUT2D eigenvalue weighted by molar-refractivity contribution is -0.0336. The highest BCUT2D eigenvalue weighted by Crippen LogP contribution is 2.39. The molecule has 5 rings (SSSR count). The van der Waals surface area contributed by atoms with Gasteiger partial charge in [-0.3, -0.25) is 9.47 Å². The van der Waals surface area contributed by atoms with Gasteiger partial charge in [-0.25, -0.2) is 13.2 Å². The van der Waals surface area contributed by atoms with Crippen LogP contribution in [0.2, 0.25) is 0 Å². The van der Waals surface area contributed by atoms with Crippen LogP contribution in [0.15, 0.2) is 32.3 Å². The number of aromatic nitrogens is 1. The van der Waals surface area contributed by atoms with Gasteiger partial charge in [-0.1, -0.05) is 0 Å². The van der Waals surface area contributed by atoms with E-state index in [1.807, 2.05) is 0 Å². The van der Waals surface area contributed by atoms with E-state index in [0.29, 0.717) is 17.2 Å². The Morgan fingerprint density at radius 1 is 1.09 bits per heavy atom. The average Bonchev–Trinajstić information content (AvgIpc) is 3.53. The second-order valence-electron chi connectivity index (χ2n) is 10.3. The van der Waals surface area contributed by atoms with Crippen molar-refractivity contribution in [2.24, 2.45) is 5.92 Å². The Balaban J connectivity index is 1.25. The van der Waals surface area contributed by atoms with Crippen LogP contribution < -0.4 is 5.76 Å². The fraction of sp³-hybridized carbons (Fsp3) is 0.708. The van der Waals surface area contributed by atoms with Gasteiger partial charge in [0.1, 0.15) is 0 Å². The number of benzene rings is 1. The molecule has 0 unspecified atom stereocenters. The van der Waals surface area contributed by atoms with Crippen molar-refractivity contribution in [2.75, 3.05) is 26.0 Å². The maximum atomic E-state index is 12.6. The number of hydrogen-bond acceptors (Lipinski definition) is 6. The minimum absolute atomic E-state index is 0.0247. The molecule has 0 spiro atoms. The van der Waals surface area contributed by atoms with Crippen LogP contribution in [-0.2, 0) is 14.6 Å². The van der Waals surface area contributed by atoms with E-state index in [-0.39, 0.29) is 16.5 Å². The highest BCUT2D eigenvalue weighted by molar-refractivity contribution is 7.90. The Morgan fingerprint density at radius 2 is 1.78 bits per heavy atom. The van der Waals surface area contributed by atoms with Gasteiger partial charge in [-0.05, 0) is 82.4 Å². The Kier molecular flexibility index (Phi) is 5.75. The van der Waals surface area contributed by atoms with E-state index in [0.717, 1.165) is 64.1 Å². The van der Waals surface area contributed by atoms with Gasteiger partial charge in [0.15, 0.2) is 15.4 Å². The van der Waals surface area contributed by atoms with E-state index in [1.165, 1.54) is 25.2 Å². The first-order valence-electron chi connectivity index (χ1n) is 11.9. The van der Waals surface area contributed by atoms with Crippen LogP contribution in [0.3, 0.4) is 0 Å². The third kappa shape index (κ3) is 4.41. The predicted molar refractivity (Wildman–Crippen MR) is 123 cm³/mol. The maximum Gasteiger partial charge on any atom is 0.420 e. The molecule has 0 radical (unpaired) electrons. The van der Waals surface area contributed by atoms with Crippen LogP contribution in [-0.4, -0.2) is 55.5 Å². The summed E-state index contributed by atoms with van der Waals surface area (Å²) >= 11 is 0. The third-order valence-electron chi connectivity index (χ3n) is 7.88. The lowest BCUT2D eigenvalue weighted by atomic mass is 9.79. The molecule has 2 saturated carbocycles. The molecule has 0 amide bonds. The first-order valence-corrected chi connectivity index (χ1v) is 13.8. The number of sulfone groups is 1. The van der Waals surface area contributed by atoms with E-state index in [4.69, 9.17) is 9.15 Å². The topological polar surface area (TPSA) is 81.8 Å². The Hall–Kier alpha value is -1.64. The molecule has 0 N–H and O–H groups in total. The van der Waals surface area contributed by atoms with Crippen LogP contribution in [0.1, 0.15) is 64.3 Å². The van der Waals surface area contributed by atoms with Crippen molar-refractivity contribution in [2.45, 2.75) is 80.9 Å². The first kappa shape index (κ1) is 22.2. The minimum atomic E-state index is -3.35. The largest absolute Gasteiger partial charge is 0.420 e. The summed E-state index contributed by atoms with van der Waals surface area (Å²) in [6, 6.07) is 4.69. The lowest BCUT2D eigenvalue weighted by Crippen LogP contribution is -2.53. The van der Waals surface area contributed by atoms with Gasteiger partial charge >= 0.3 is 5.76 Å². The van der Waals surface area contributed by atoms with E-state index in [1.54, 1.807) is 16.7 Å². The molecule has 32 heavy (non-hydrogen) atoms. The fourth-order valence-corrected chi connectivity index (χ4v) is 6.15. The molecule has 2 aliphatic carbocycles. The number of ether oxygens (including phenoxy) is 1. The molecule has 1 aromatic carbocycles. The van der Waals surface area contributed by atoms with E-state index in [9.17, 15) is 13.2 Å². The van der Waals surface area contributed by atoms with Crippen molar-refractivity contribution in [3.63, 3.8) is 0 Å². The van der Waals surface area contributed by atoms with Gasteiger partial charge in [-0.15, -0.1) is 0 Å². The number of fused-ring (bicyclic) bond motifs is 1. The number of rotatable bonds is 6. The molecular formula is C24H34N2O5S. The van der Waals surface area contributed by atoms with Gasteiger partial charge in [0.25, 0.3) is 0 Å². The molecular weight excluding hydrogens is 428 g/mol. The van der Waals surface area contributed by atoms with E-state index >= 15 is 0 Å². The molecule has 176 valence electrons. The van der Waals surface area contributed by atoms with Crippen molar-refractivity contribution in [1.82, 2.24) is 9.47 Å². The molecule has 2 heterocycles. The number of likely N-dealkylation sites (tertiary alicyclic amines) is 1. The summed E-state index contributed by atoms with van der Waals surface area (Å²) in [7, 11) is -3.35. The van der Waals surface area contributed by atoms with Gasteiger partial charge < -0.3 is 9.15 Å². The SMILES string of the molecule is CC1(N2CCC(n3c(=O)oc4ccc(S(C)(=O)=O)cc43)CC2)CCC(OCC2CC2)CC1. The van der Waals surface area contributed by atoms with Crippen LogP contribution in [0.5, 0.6) is 0 Å². The van der Waals surface area contributed by atoms with Gasteiger partial charge in [-0.2, -0.15) is 0 Å². The van der Waals surface area contributed by atoms with Crippen molar-refractivity contribution in [1.29, 1.82) is 0 Å². The zero-order chi connectivity index (χ0) is 22.5. The van der Waals surface area contributed by atoms with Gasteiger partial charge in [0.05, 0.1) is 16.5 Å². The predicted octanol–water partition coefficient (Wildman–Crippen LogP) is 3.76. The van der Waals surface area contributed by atoms with Crippen LogP contribution in [0.25, 0.3) is 11.1 Å². The zero-order valence-corrected chi connectivity index (χ0v) is 19.9. The second kappa shape index (κ2) is 8.29. The fourth-order valence-electron chi connectivity index (χ4n) is 5.51. The molecule has 7 nitrogen and oxygen atoms in total. The first-order chi connectivity index (χ1) is 15.2. The molecule has 3 aliphatic rings. The Bertz CT molecular complexity index is 1130. The van der Waals surface area contributed by atoms with E-state index < -0.39 is 15.6 Å². The average molecular weight is 463 g/mol. The summed E-state index contributed by atoms with van der Waals surface area (Å²) in [6.45, 7) is 5.18.